The van der Waals surface area contributed by atoms with Gasteiger partial charge in [0.1, 0.15) is 0 Å². The Labute approximate surface area is 108 Å². The summed E-state index contributed by atoms with van der Waals surface area (Å²) in [7, 11) is 0. The summed E-state index contributed by atoms with van der Waals surface area (Å²) in [6.45, 7) is 2.84. The molecule has 1 unspecified atom stereocenters. The second kappa shape index (κ2) is 5.76. The number of anilines is 1. The molecule has 0 fully saturated rings. The van der Waals surface area contributed by atoms with Crippen molar-refractivity contribution >= 4 is 11.7 Å². The number of hydrogen-bond acceptors (Lipinski definition) is 2. The summed E-state index contributed by atoms with van der Waals surface area (Å²) in [5.41, 5.74) is 9.13. The van der Waals surface area contributed by atoms with E-state index in [0.29, 0.717) is 0 Å². The molecule has 4 nitrogen and oxygen atoms in total. The fourth-order valence-corrected chi connectivity index (χ4v) is 2.42. The van der Waals surface area contributed by atoms with Crippen molar-refractivity contribution < 1.29 is 4.79 Å². The summed E-state index contributed by atoms with van der Waals surface area (Å²) in [5.74, 6) is 0. The van der Waals surface area contributed by atoms with Crippen LogP contribution in [0.1, 0.15) is 43.4 Å². The lowest BCUT2D eigenvalue weighted by Crippen LogP contribution is -2.37. The molecule has 0 saturated carbocycles. The van der Waals surface area contributed by atoms with Gasteiger partial charge in [0, 0.05) is 12.2 Å². The SMILES string of the molecule is CCCCNC(=O)NC1CCc2c(N)cccc21. The highest BCUT2D eigenvalue weighted by Gasteiger charge is 2.24. The first kappa shape index (κ1) is 12.7. The van der Waals surface area contributed by atoms with Crippen molar-refractivity contribution in [1.82, 2.24) is 10.6 Å². The van der Waals surface area contributed by atoms with Crippen molar-refractivity contribution in [1.29, 1.82) is 0 Å². The molecule has 0 spiro atoms. The number of unbranched alkanes of at least 4 members (excludes halogenated alkanes) is 1. The number of urea groups is 1. The molecule has 1 aromatic carbocycles. The molecule has 4 heteroatoms. The molecule has 0 heterocycles. The standard InChI is InChI=1S/C14H21N3O/c1-2-3-9-16-14(18)17-13-8-7-10-11(13)5-4-6-12(10)15/h4-6,13H,2-3,7-9,15H2,1H3,(H2,16,17,18). The lowest BCUT2D eigenvalue weighted by atomic mass is 10.1. The van der Waals surface area contributed by atoms with E-state index in [1.165, 1.54) is 11.1 Å². The summed E-state index contributed by atoms with van der Waals surface area (Å²) >= 11 is 0. The molecule has 18 heavy (non-hydrogen) atoms. The molecule has 2 rings (SSSR count). The van der Waals surface area contributed by atoms with Gasteiger partial charge in [-0.3, -0.25) is 0 Å². The summed E-state index contributed by atoms with van der Waals surface area (Å²) in [6.07, 6.45) is 3.98. The van der Waals surface area contributed by atoms with Crippen molar-refractivity contribution in [2.75, 3.05) is 12.3 Å². The van der Waals surface area contributed by atoms with Crippen molar-refractivity contribution in [3.8, 4) is 0 Å². The van der Waals surface area contributed by atoms with E-state index in [2.05, 4.69) is 23.6 Å². The van der Waals surface area contributed by atoms with Crippen LogP contribution in [0.3, 0.4) is 0 Å². The van der Waals surface area contributed by atoms with E-state index in [1.807, 2.05) is 12.1 Å². The van der Waals surface area contributed by atoms with Crippen molar-refractivity contribution in [2.24, 2.45) is 0 Å². The lowest BCUT2D eigenvalue weighted by molar-refractivity contribution is 0.237. The van der Waals surface area contributed by atoms with Crippen molar-refractivity contribution in [2.45, 2.75) is 38.6 Å². The highest BCUT2D eigenvalue weighted by atomic mass is 16.2. The maximum atomic E-state index is 11.7. The van der Waals surface area contributed by atoms with E-state index in [0.717, 1.165) is 37.9 Å². The van der Waals surface area contributed by atoms with Crippen molar-refractivity contribution in [3.05, 3.63) is 29.3 Å². The Bertz CT molecular complexity index is 431. The Hall–Kier alpha value is -1.71. The summed E-state index contributed by atoms with van der Waals surface area (Å²) in [4.78, 5) is 11.7. The van der Waals surface area contributed by atoms with Crippen LogP contribution in [0.5, 0.6) is 0 Å². The first-order valence-corrected chi connectivity index (χ1v) is 6.64. The molecule has 0 saturated heterocycles. The van der Waals surface area contributed by atoms with Gasteiger partial charge in [-0.1, -0.05) is 25.5 Å². The van der Waals surface area contributed by atoms with Gasteiger partial charge in [0.2, 0.25) is 0 Å². The van der Waals surface area contributed by atoms with Gasteiger partial charge in [-0.15, -0.1) is 0 Å². The largest absolute Gasteiger partial charge is 0.398 e. The number of amides is 2. The minimum Gasteiger partial charge on any atom is -0.398 e. The van der Waals surface area contributed by atoms with Gasteiger partial charge < -0.3 is 16.4 Å². The zero-order chi connectivity index (χ0) is 13.0. The minimum absolute atomic E-state index is 0.0799. The fraction of sp³-hybridized carbons (Fsp3) is 0.500. The third-order valence-electron chi connectivity index (χ3n) is 3.43. The number of carbonyl (C=O) groups excluding carboxylic acids is 1. The van der Waals surface area contributed by atoms with E-state index in [1.54, 1.807) is 0 Å². The van der Waals surface area contributed by atoms with Crippen LogP contribution in [0.25, 0.3) is 0 Å². The van der Waals surface area contributed by atoms with Gasteiger partial charge >= 0.3 is 6.03 Å². The first-order chi connectivity index (χ1) is 8.72. The van der Waals surface area contributed by atoms with Crippen LogP contribution >= 0.6 is 0 Å². The molecule has 0 aromatic heterocycles. The monoisotopic (exact) mass is 247 g/mol. The second-order valence-corrected chi connectivity index (χ2v) is 4.76. The van der Waals surface area contributed by atoms with Crippen molar-refractivity contribution in [3.63, 3.8) is 0 Å². The number of carbonyl (C=O) groups is 1. The molecular weight excluding hydrogens is 226 g/mol. The average molecular weight is 247 g/mol. The highest BCUT2D eigenvalue weighted by molar-refractivity contribution is 5.74. The van der Waals surface area contributed by atoms with E-state index in [9.17, 15) is 4.79 Å². The molecule has 0 radical (unpaired) electrons. The Morgan fingerprint density at radius 2 is 2.33 bits per heavy atom. The molecule has 1 atom stereocenters. The summed E-state index contributed by atoms with van der Waals surface area (Å²) in [5, 5.41) is 5.89. The fourth-order valence-electron chi connectivity index (χ4n) is 2.42. The molecule has 0 aliphatic heterocycles. The minimum atomic E-state index is -0.0799. The quantitative estimate of drug-likeness (QED) is 0.565. The van der Waals surface area contributed by atoms with Crippen LogP contribution in [0, 0.1) is 0 Å². The predicted molar refractivity (Wildman–Crippen MR) is 73.4 cm³/mol. The van der Waals surface area contributed by atoms with Crippen LogP contribution < -0.4 is 16.4 Å². The van der Waals surface area contributed by atoms with Crippen LogP contribution in [-0.2, 0) is 6.42 Å². The van der Waals surface area contributed by atoms with E-state index >= 15 is 0 Å². The first-order valence-electron chi connectivity index (χ1n) is 6.64. The van der Waals surface area contributed by atoms with Crippen LogP contribution in [0.15, 0.2) is 18.2 Å². The van der Waals surface area contributed by atoms with Gasteiger partial charge in [0.15, 0.2) is 0 Å². The number of nitrogen functional groups attached to an aromatic ring is 1. The van der Waals surface area contributed by atoms with E-state index < -0.39 is 0 Å². The topological polar surface area (TPSA) is 67.2 Å². The third-order valence-corrected chi connectivity index (χ3v) is 3.43. The number of benzene rings is 1. The molecule has 1 aliphatic rings. The van der Waals surface area contributed by atoms with Gasteiger partial charge in [0.25, 0.3) is 0 Å². The number of nitrogens with one attached hydrogen (secondary N) is 2. The smallest absolute Gasteiger partial charge is 0.315 e. The maximum Gasteiger partial charge on any atom is 0.315 e. The van der Waals surface area contributed by atoms with Crippen LogP contribution in [-0.4, -0.2) is 12.6 Å². The molecule has 0 bridgehead atoms. The Morgan fingerprint density at radius 1 is 1.50 bits per heavy atom. The Morgan fingerprint density at radius 3 is 3.11 bits per heavy atom. The zero-order valence-corrected chi connectivity index (χ0v) is 10.8. The number of fused-ring (bicyclic) bond motifs is 1. The third kappa shape index (κ3) is 2.75. The maximum absolute atomic E-state index is 11.7. The Balaban J connectivity index is 1.93. The van der Waals surface area contributed by atoms with Gasteiger partial charge in [-0.2, -0.15) is 0 Å². The highest BCUT2D eigenvalue weighted by Crippen LogP contribution is 2.34. The zero-order valence-electron chi connectivity index (χ0n) is 10.8. The molecule has 1 aromatic rings. The average Bonchev–Trinajstić information content (AvgIpc) is 2.74. The van der Waals surface area contributed by atoms with Gasteiger partial charge in [-0.25, -0.2) is 4.79 Å². The number of nitrogens with two attached hydrogens (primary N) is 1. The van der Waals surface area contributed by atoms with Gasteiger partial charge in [-0.05, 0) is 36.5 Å². The van der Waals surface area contributed by atoms with E-state index in [-0.39, 0.29) is 12.1 Å². The Kier molecular flexibility index (Phi) is 4.07. The normalized spacial score (nSPS) is 17.3. The number of rotatable bonds is 4. The summed E-state index contributed by atoms with van der Waals surface area (Å²) in [6, 6.07) is 5.94. The molecule has 4 N–H and O–H groups in total. The molecule has 98 valence electrons. The second-order valence-electron chi connectivity index (χ2n) is 4.76. The van der Waals surface area contributed by atoms with Gasteiger partial charge in [0.05, 0.1) is 6.04 Å². The molecule has 2 amide bonds. The predicted octanol–water partition coefficient (Wildman–Crippen LogP) is 2.36. The lowest BCUT2D eigenvalue weighted by Gasteiger charge is -2.15. The number of hydrogen-bond donors (Lipinski definition) is 3. The van der Waals surface area contributed by atoms with Crippen LogP contribution in [0.2, 0.25) is 0 Å². The molecular formula is C14H21N3O. The molecule has 1 aliphatic carbocycles. The van der Waals surface area contributed by atoms with E-state index in [4.69, 9.17) is 5.73 Å². The van der Waals surface area contributed by atoms with Crippen LogP contribution in [0.4, 0.5) is 10.5 Å². The summed E-state index contributed by atoms with van der Waals surface area (Å²) < 4.78 is 0.